The number of nitrogens with zero attached hydrogens (tertiary/aromatic N) is 1. The van der Waals surface area contributed by atoms with Crippen LogP contribution < -0.4 is 10.6 Å². The minimum Gasteiger partial charge on any atom is -0.467 e. The van der Waals surface area contributed by atoms with Gasteiger partial charge in [-0.1, -0.05) is 12.1 Å². The fraction of sp³-hybridized carbons (Fsp3) is 0.174. The second-order valence-corrected chi connectivity index (χ2v) is 7.06. The first-order chi connectivity index (χ1) is 14.6. The zero-order valence-electron chi connectivity index (χ0n) is 16.6. The predicted molar refractivity (Wildman–Crippen MR) is 114 cm³/mol. The van der Waals surface area contributed by atoms with Crippen LogP contribution in [0.2, 0.25) is 0 Å². The number of hydrogen-bond acceptors (Lipinski definition) is 4. The lowest BCUT2D eigenvalue weighted by Gasteiger charge is -2.04. The van der Waals surface area contributed by atoms with Gasteiger partial charge in [-0.15, -0.1) is 0 Å². The van der Waals surface area contributed by atoms with Gasteiger partial charge in [0.05, 0.1) is 23.8 Å². The molecule has 4 aromatic rings. The lowest BCUT2D eigenvalue weighted by atomic mass is 10.1. The number of imidazole rings is 1. The van der Waals surface area contributed by atoms with Crippen molar-refractivity contribution in [3.8, 4) is 0 Å². The zero-order valence-corrected chi connectivity index (χ0v) is 16.6. The summed E-state index contributed by atoms with van der Waals surface area (Å²) in [6, 6.07) is 16.8. The Hall–Kier alpha value is -3.87. The summed E-state index contributed by atoms with van der Waals surface area (Å²) in [4.78, 5) is 31.4. The molecule has 2 heterocycles. The van der Waals surface area contributed by atoms with Crippen LogP contribution in [0.1, 0.15) is 34.4 Å². The number of nitrogens with one attached hydrogen (secondary N) is 3. The van der Waals surface area contributed by atoms with Crippen LogP contribution >= 0.6 is 0 Å². The second-order valence-electron chi connectivity index (χ2n) is 7.06. The molecule has 0 aliphatic rings. The minimum atomic E-state index is -0.163. The average molecular weight is 402 g/mol. The third kappa shape index (κ3) is 4.75. The van der Waals surface area contributed by atoms with Crippen LogP contribution in [0.25, 0.3) is 11.0 Å². The number of amides is 2. The highest BCUT2D eigenvalue weighted by Gasteiger charge is 2.10. The summed E-state index contributed by atoms with van der Waals surface area (Å²) in [7, 11) is 0. The summed E-state index contributed by atoms with van der Waals surface area (Å²) in [5.41, 5.74) is 4.17. The number of aryl methyl sites for hydroxylation is 2. The number of carbonyl (C=O) groups excluding carboxylic acids is 2. The highest BCUT2D eigenvalue weighted by Crippen LogP contribution is 2.16. The number of hydrogen-bond donors (Lipinski definition) is 3. The molecule has 0 saturated heterocycles. The molecule has 152 valence electrons. The summed E-state index contributed by atoms with van der Waals surface area (Å²) < 4.78 is 5.23. The van der Waals surface area contributed by atoms with E-state index in [1.165, 1.54) is 6.92 Å². The summed E-state index contributed by atoms with van der Waals surface area (Å²) in [5, 5.41) is 5.60. The Bertz CT molecular complexity index is 1160. The maximum Gasteiger partial charge on any atom is 0.251 e. The molecule has 4 rings (SSSR count). The van der Waals surface area contributed by atoms with Gasteiger partial charge in [0.2, 0.25) is 5.91 Å². The summed E-state index contributed by atoms with van der Waals surface area (Å²) in [5.74, 6) is 1.32. The predicted octanol–water partition coefficient (Wildman–Crippen LogP) is 3.83. The van der Waals surface area contributed by atoms with E-state index in [4.69, 9.17) is 4.42 Å². The lowest BCUT2D eigenvalue weighted by molar-refractivity contribution is -0.114. The van der Waals surface area contributed by atoms with Gasteiger partial charge in [-0.3, -0.25) is 9.59 Å². The molecule has 7 heteroatoms. The molecule has 7 nitrogen and oxygen atoms in total. The second kappa shape index (κ2) is 8.65. The summed E-state index contributed by atoms with van der Waals surface area (Å²) in [6.45, 7) is 1.84. The van der Waals surface area contributed by atoms with Crippen molar-refractivity contribution in [1.82, 2.24) is 15.3 Å². The van der Waals surface area contributed by atoms with E-state index in [-0.39, 0.29) is 11.8 Å². The van der Waals surface area contributed by atoms with Crippen molar-refractivity contribution in [1.29, 1.82) is 0 Å². The SMILES string of the molecule is CC(=O)Nc1ccc(CCc2nc3ccc(C(=O)NCc4ccco4)cc3[nH]2)cc1. The first-order valence-electron chi connectivity index (χ1n) is 9.72. The number of aromatic nitrogens is 2. The minimum absolute atomic E-state index is 0.0842. The lowest BCUT2D eigenvalue weighted by Crippen LogP contribution is -2.22. The van der Waals surface area contributed by atoms with E-state index in [0.717, 1.165) is 41.0 Å². The Kier molecular flexibility index (Phi) is 5.61. The highest BCUT2D eigenvalue weighted by atomic mass is 16.3. The van der Waals surface area contributed by atoms with Gasteiger partial charge >= 0.3 is 0 Å². The van der Waals surface area contributed by atoms with Crippen LogP contribution in [0, 0.1) is 0 Å². The van der Waals surface area contributed by atoms with Crippen LogP contribution in [-0.2, 0) is 24.2 Å². The zero-order chi connectivity index (χ0) is 20.9. The third-order valence-corrected chi connectivity index (χ3v) is 4.72. The van der Waals surface area contributed by atoms with Crippen molar-refractivity contribution in [3.63, 3.8) is 0 Å². The normalized spacial score (nSPS) is 10.8. The molecule has 0 unspecified atom stereocenters. The Balaban J connectivity index is 1.38. The van der Waals surface area contributed by atoms with E-state index in [0.29, 0.717) is 17.9 Å². The third-order valence-electron chi connectivity index (χ3n) is 4.72. The maximum atomic E-state index is 12.4. The maximum absolute atomic E-state index is 12.4. The first-order valence-corrected chi connectivity index (χ1v) is 9.72. The molecule has 0 bridgehead atoms. The van der Waals surface area contributed by atoms with Gasteiger partial charge in [0.25, 0.3) is 5.91 Å². The molecule has 0 fully saturated rings. The number of anilines is 1. The van der Waals surface area contributed by atoms with Gasteiger partial charge in [0.1, 0.15) is 11.6 Å². The average Bonchev–Trinajstić information content (AvgIpc) is 3.40. The van der Waals surface area contributed by atoms with Crippen molar-refractivity contribution in [3.05, 3.63) is 83.6 Å². The Labute approximate surface area is 173 Å². The molecule has 2 amide bonds. The molecule has 0 aliphatic carbocycles. The fourth-order valence-corrected chi connectivity index (χ4v) is 3.23. The molecule has 0 aliphatic heterocycles. The van der Waals surface area contributed by atoms with Crippen LogP contribution in [0.4, 0.5) is 5.69 Å². The number of H-pyrrole nitrogens is 1. The monoisotopic (exact) mass is 402 g/mol. The van der Waals surface area contributed by atoms with Crippen molar-refractivity contribution in [2.75, 3.05) is 5.32 Å². The quantitative estimate of drug-likeness (QED) is 0.437. The smallest absolute Gasteiger partial charge is 0.251 e. The molecule has 0 spiro atoms. The molecule has 30 heavy (non-hydrogen) atoms. The van der Waals surface area contributed by atoms with E-state index in [2.05, 4.69) is 20.6 Å². The standard InChI is InChI=1S/C23H22N4O3/c1-15(28)25-18-8-4-16(5-9-18)6-11-22-26-20-10-7-17(13-21(20)27-22)23(29)24-14-19-3-2-12-30-19/h2-5,7-10,12-13H,6,11,14H2,1H3,(H,24,29)(H,25,28)(H,26,27). The van der Waals surface area contributed by atoms with E-state index in [9.17, 15) is 9.59 Å². The van der Waals surface area contributed by atoms with Crippen LogP contribution in [-0.4, -0.2) is 21.8 Å². The molecule has 0 radical (unpaired) electrons. The van der Waals surface area contributed by atoms with Gasteiger partial charge in [0.15, 0.2) is 0 Å². The number of furan rings is 1. The number of carbonyl (C=O) groups is 2. The van der Waals surface area contributed by atoms with Crippen LogP contribution in [0.15, 0.2) is 65.3 Å². The van der Waals surface area contributed by atoms with E-state index in [1.54, 1.807) is 18.4 Å². The number of aromatic amines is 1. The van der Waals surface area contributed by atoms with Gasteiger partial charge in [-0.2, -0.15) is 0 Å². The van der Waals surface area contributed by atoms with Crippen molar-refractivity contribution < 1.29 is 14.0 Å². The summed E-state index contributed by atoms with van der Waals surface area (Å²) in [6.07, 6.45) is 3.14. The molecular weight excluding hydrogens is 380 g/mol. The topological polar surface area (TPSA) is 100 Å². The molecule has 0 atom stereocenters. The largest absolute Gasteiger partial charge is 0.467 e. The Morgan fingerprint density at radius 3 is 2.63 bits per heavy atom. The fourth-order valence-electron chi connectivity index (χ4n) is 3.23. The van der Waals surface area contributed by atoms with E-state index < -0.39 is 0 Å². The molecule has 0 saturated carbocycles. The highest BCUT2D eigenvalue weighted by molar-refractivity contribution is 5.97. The molecule has 2 aromatic carbocycles. The van der Waals surface area contributed by atoms with Crippen molar-refractivity contribution in [2.24, 2.45) is 0 Å². The van der Waals surface area contributed by atoms with Crippen LogP contribution in [0.3, 0.4) is 0 Å². The van der Waals surface area contributed by atoms with Crippen molar-refractivity contribution in [2.45, 2.75) is 26.3 Å². The number of fused-ring (bicyclic) bond motifs is 1. The Morgan fingerprint density at radius 2 is 1.90 bits per heavy atom. The van der Waals surface area contributed by atoms with Crippen LogP contribution in [0.5, 0.6) is 0 Å². The van der Waals surface area contributed by atoms with Gasteiger partial charge in [0, 0.05) is 24.6 Å². The molecule has 2 aromatic heterocycles. The van der Waals surface area contributed by atoms with E-state index >= 15 is 0 Å². The van der Waals surface area contributed by atoms with E-state index in [1.807, 2.05) is 42.5 Å². The van der Waals surface area contributed by atoms with Crippen molar-refractivity contribution >= 4 is 28.5 Å². The van der Waals surface area contributed by atoms with Gasteiger partial charge in [-0.05, 0) is 54.4 Å². The van der Waals surface area contributed by atoms with Gasteiger partial charge < -0.3 is 20.0 Å². The molecule has 3 N–H and O–H groups in total. The van der Waals surface area contributed by atoms with Gasteiger partial charge in [-0.25, -0.2) is 4.98 Å². The Morgan fingerprint density at radius 1 is 1.07 bits per heavy atom. The molecular formula is C23H22N4O3. The number of benzene rings is 2. The first kappa shape index (κ1) is 19.4. The number of rotatable bonds is 7. The summed E-state index contributed by atoms with van der Waals surface area (Å²) >= 11 is 0.